The van der Waals surface area contributed by atoms with Gasteiger partial charge in [0, 0.05) is 0 Å². The van der Waals surface area contributed by atoms with Gasteiger partial charge < -0.3 is 0 Å². The van der Waals surface area contributed by atoms with Gasteiger partial charge in [0.2, 0.25) is 0 Å². The van der Waals surface area contributed by atoms with Gasteiger partial charge in [0.05, 0.1) is 0 Å². The Morgan fingerprint density at radius 3 is 2.15 bits per heavy atom. The third-order valence-electron chi connectivity index (χ3n) is 2.48. The molecule has 13 heavy (non-hydrogen) atoms. The highest BCUT2D eigenvalue weighted by molar-refractivity contribution is 4.96. The second-order valence-corrected chi connectivity index (χ2v) is 3.98. The van der Waals surface area contributed by atoms with Gasteiger partial charge >= 0.3 is 0 Å². The van der Waals surface area contributed by atoms with Crippen LogP contribution in [0.25, 0.3) is 0 Å². The largest absolute Gasteiger partial charge is 0.0859 e. The van der Waals surface area contributed by atoms with Crippen molar-refractivity contribution in [1.82, 2.24) is 0 Å². The molecule has 0 nitrogen and oxygen atoms in total. The minimum absolute atomic E-state index is 1.20. The van der Waals surface area contributed by atoms with Gasteiger partial charge in [0.15, 0.2) is 0 Å². The summed E-state index contributed by atoms with van der Waals surface area (Å²) in [5, 5.41) is 0. The van der Waals surface area contributed by atoms with Gasteiger partial charge in [-0.2, -0.15) is 0 Å². The predicted octanol–water partition coefficient (Wildman–Crippen LogP) is 5.09. The average Bonchev–Trinajstić information content (AvgIpc) is 2.11. The third-order valence-corrected chi connectivity index (χ3v) is 2.48. The van der Waals surface area contributed by atoms with E-state index in [2.05, 4.69) is 26.8 Å². The normalized spacial score (nSPS) is 12.1. The van der Waals surface area contributed by atoms with Crippen molar-refractivity contribution in [3.05, 3.63) is 11.6 Å². The molecule has 0 fully saturated rings. The molecule has 78 valence electrons. The second-order valence-electron chi connectivity index (χ2n) is 3.98. The first kappa shape index (κ1) is 12.7. The first-order valence-corrected chi connectivity index (χ1v) is 5.96. The topological polar surface area (TPSA) is 0 Å². The van der Waals surface area contributed by atoms with Gasteiger partial charge in [-0.15, -0.1) is 0 Å². The van der Waals surface area contributed by atoms with E-state index in [1.165, 1.54) is 51.4 Å². The molecule has 0 aliphatic rings. The molecule has 0 atom stereocenters. The van der Waals surface area contributed by atoms with Crippen LogP contribution >= 0.6 is 0 Å². The Morgan fingerprint density at radius 1 is 0.923 bits per heavy atom. The Kier molecular flexibility index (Phi) is 9.63. The molecule has 0 spiro atoms. The summed E-state index contributed by atoms with van der Waals surface area (Å²) in [7, 11) is 0. The molecule has 0 aromatic rings. The van der Waals surface area contributed by atoms with E-state index < -0.39 is 0 Å². The van der Waals surface area contributed by atoms with E-state index in [4.69, 9.17) is 0 Å². The fourth-order valence-electron chi connectivity index (χ4n) is 1.63. The highest BCUT2D eigenvalue weighted by atomic mass is 14.0. The van der Waals surface area contributed by atoms with Gasteiger partial charge in [-0.3, -0.25) is 0 Å². The summed E-state index contributed by atoms with van der Waals surface area (Å²) < 4.78 is 0. The maximum Gasteiger partial charge on any atom is -0.0323 e. The van der Waals surface area contributed by atoms with Crippen LogP contribution in [0.5, 0.6) is 0 Å². The zero-order valence-corrected chi connectivity index (χ0v) is 9.73. The zero-order chi connectivity index (χ0) is 9.94. The molecule has 0 rings (SSSR count). The molecule has 0 aliphatic heterocycles. The first-order chi connectivity index (χ1) is 6.31. The van der Waals surface area contributed by atoms with Crippen molar-refractivity contribution in [2.75, 3.05) is 0 Å². The van der Waals surface area contributed by atoms with E-state index in [9.17, 15) is 0 Å². The molecule has 0 radical (unpaired) electrons. The van der Waals surface area contributed by atoms with Crippen LogP contribution in [0.1, 0.15) is 72.1 Å². The highest BCUT2D eigenvalue weighted by Gasteiger charge is 1.91. The van der Waals surface area contributed by atoms with Crippen LogP contribution in [0.3, 0.4) is 0 Å². The molecule has 0 saturated heterocycles. The van der Waals surface area contributed by atoms with E-state index in [0.717, 1.165) is 0 Å². The van der Waals surface area contributed by atoms with Gasteiger partial charge in [-0.05, 0) is 26.2 Å². The SMILES string of the molecule is CCC=C(C)CCCCCCCC. The summed E-state index contributed by atoms with van der Waals surface area (Å²) in [6.07, 6.45) is 13.3. The van der Waals surface area contributed by atoms with Crippen LogP contribution < -0.4 is 0 Å². The fourth-order valence-corrected chi connectivity index (χ4v) is 1.63. The van der Waals surface area contributed by atoms with Gasteiger partial charge in [0.25, 0.3) is 0 Å². The highest BCUT2D eigenvalue weighted by Crippen LogP contribution is 2.11. The summed E-state index contributed by atoms with van der Waals surface area (Å²) in [6.45, 7) is 6.74. The van der Waals surface area contributed by atoms with E-state index in [1.807, 2.05) is 0 Å². The Morgan fingerprint density at radius 2 is 1.54 bits per heavy atom. The van der Waals surface area contributed by atoms with E-state index in [-0.39, 0.29) is 0 Å². The maximum absolute atomic E-state index is 2.35. The summed E-state index contributed by atoms with van der Waals surface area (Å²) in [5.74, 6) is 0. The lowest BCUT2D eigenvalue weighted by atomic mass is 10.1. The second kappa shape index (κ2) is 9.83. The number of rotatable bonds is 8. The number of hydrogen-bond acceptors (Lipinski definition) is 0. The number of hydrogen-bond donors (Lipinski definition) is 0. The van der Waals surface area contributed by atoms with Crippen molar-refractivity contribution in [2.45, 2.75) is 72.1 Å². The summed E-state index contributed by atoms with van der Waals surface area (Å²) in [5.41, 5.74) is 1.58. The molecular formula is C13H26. The quantitative estimate of drug-likeness (QED) is 0.362. The van der Waals surface area contributed by atoms with Crippen molar-refractivity contribution in [3.8, 4) is 0 Å². The average molecular weight is 182 g/mol. The lowest BCUT2D eigenvalue weighted by molar-refractivity contribution is 0.606. The van der Waals surface area contributed by atoms with Crippen LogP contribution in [-0.4, -0.2) is 0 Å². The molecule has 0 unspecified atom stereocenters. The summed E-state index contributed by atoms with van der Waals surface area (Å²) >= 11 is 0. The Balaban J connectivity index is 3.11. The molecule has 0 heterocycles. The Labute approximate surface area is 84.4 Å². The van der Waals surface area contributed by atoms with Crippen LogP contribution in [0.2, 0.25) is 0 Å². The van der Waals surface area contributed by atoms with Crippen LogP contribution in [0.4, 0.5) is 0 Å². The third kappa shape index (κ3) is 9.66. The van der Waals surface area contributed by atoms with E-state index in [1.54, 1.807) is 5.57 Å². The number of allylic oxidation sites excluding steroid dienone is 2. The molecule has 0 aromatic carbocycles. The molecule has 0 saturated carbocycles. The minimum atomic E-state index is 1.20. The fraction of sp³-hybridized carbons (Fsp3) is 0.846. The van der Waals surface area contributed by atoms with Crippen molar-refractivity contribution < 1.29 is 0 Å². The Hall–Kier alpha value is -0.260. The summed E-state index contributed by atoms with van der Waals surface area (Å²) in [4.78, 5) is 0. The maximum atomic E-state index is 2.35. The van der Waals surface area contributed by atoms with Crippen LogP contribution in [0, 0.1) is 0 Å². The van der Waals surface area contributed by atoms with Gasteiger partial charge in [-0.25, -0.2) is 0 Å². The van der Waals surface area contributed by atoms with Crippen molar-refractivity contribution in [2.24, 2.45) is 0 Å². The van der Waals surface area contributed by atoms with Crippen LogP contribution in [-0.2, 0) is 0 Å². The molecule has 0 amide bonds. The van der Waals surface area contributed by atoms with Crippen molar-refractivity contribution in [1.29, 1.82) is 0 Å². The van der Waals surface area contributed by atoms with E-state index in [0.29, 0.717) is 0 Å². The predicted molar refractivity (Wildman–Crippen MR) is 62.0 cm³/mol. The van der Waals surface area contributed by atoms with Crippen molar-refractivity contribution in [3.63, 3.8) is 0 Å². The lowest BCUT2D eigenvalue weighted by Crippen LogP contribution is -1.81. The molecule has 0 bridgehead atoms. The van der Waals surface area contributed by atoms with Crippen molar-refractivity contribution >= 4 is 0 Å². The van der Waals surface area contributed by atoms with Crippen LogP contribution in [0.15, 0.2) is 11.6 Å². The summed E-state index contributed by atoms with van der Waals surface area (Å²) in [6, 6.07) is 0. The monoisotopic (exact) mass is 182 g/mol. The molecule has 0 heteroatoms. The smallest absolute Gasteiger partial charge is 0.0323 e. The molecule has 0 N–H and O–H groups in total. The van der Waals surface area contributed by atoms with Gasteiger partial charge in [-0.1, -0.05) is 57.6 Å². The van der Waals surface area contributed by atoms with Gasteiger partial charge in [0.1, 0.15) is 0 Å². The zero-order valence-electron chi connectivity index (χ0n) is 9.73. The van der Waals surface area contributed by atoms with E-state index >= 15 is 0 Å². The standard InChI is InChI=1S/C13H26/c1-4-6-7-8-9-10-12-13(3)11-5-2/h11H,4-10,12H2,1-3H3. The minimum Gasteiger partial charge on any atom is -0.0859 e. The number of unbranched alkanes of at least 4 members (excludes halogenated alkanes) is 5. The Bertz CT molecular complexity index is 122. The molecular weight excluding hydrogens is 156 g/mol. The molecule has 0 aromatic heterocycles. The first-order valence-electron chi connectivity index (χ1n) is 5.96. The lowest BCUT2D eigenvalue weighted by Gasteiger charge is -2.01. The molecule has 0 aliphatic carbocycles.